The number of hydrogen-bond donors (Lipinski definition) is 2. The summed E-state index contributed by atoms with van der Waals surface area (Å²) in [6, 6.07) is 2.01. The molecule has 7 nitrogen and oxygen atoms in total. The van der Waals surface area contributed by atoms with Gasteiger partial charge >= 0.3 is 0 Å². The van der Waals surface area contributed by atoms with Crippen molar-refractivity contribution in [2.45, 2.75) is 19.8 Å². The van der Waals surface area contributed by atoms with Crippen molar-refractivity contribution in [2.75, 3.05) is 30.8 Å². The van der Waals surface area contributed by atoms with Crippen LogP contribution in [-0.2, 0) is 10.0 Å². The lowest BCUT2D eigenvalue weighted by atomic mass is 9.98. The Morgan fingerprint density at radius 3 is 3.05 bits per heavy atom. The monoisotopic (exact) mass is 323 g/mol. The molecule has 1 unspecified atom stereocenters. The molecule has 0 spiro atoms. The van der Waals surface area contributed by atoms with E-state index in [-0.39, 0.29) is 0 Å². The number of anilines is 1. The molecule has 2 N–H and O–H groups in total. The van der Waals surface area contributed by atoms with Crippen molar-refractivity contribution < 1.29 is 8.42 Å². The zero-order valence-electron chi connectivity index (χ0n) is 12.8. The fourth-order valence-corrected chi connectivity index (χ4v) is 3.53. The molecule has 1 saturated heterocycles. The fraction of sp³-hybridized carbons (Fsp3) is 0.571. The predicted octanol–water partition coefficient (Wildman–Crippen LogP) is 1.03. The van der Waals surface area contributed by atoms with Gasteiger partial charge in [0.15, 0.2) is 5.82 Å². The Morgan fingerprint density at radius 1 is 1.45 bits per heavy atom. The van der Waals surface area contributed by atoms with Crippen molar-refractivity contribution in [3.8, 4) is 0 Å². The van der Waals surface area contributed by atoms with E-state index >= 15 is 0 Å². The highest BCUT2D eigenvalue weighted by Gasteiger charge is 2.23. The van der Waals surface area contributed by atoms with Crippen LogP contribution >= 0.6 is 0 Å². The highest BCUT2D eigenvalue weighted by Crippen LogP contribution is 2.27. The maximum Gasteiger partial charge on any atom is 0.208 e. The Bertz CT molecular complexity index is 771. The molecule has 0 aliphatic carbocycles. The van der Waals surface area contributed by atoms with Crippen LogP contribution in [0.3, 0.4) is 0 Å². The minimum Gasteiger partial charge on any atom is -0.354 e. The van der Waals surface area contributed by atoms with Gasteiger partial charge < -0.3 is 9.88 Å². The van der Waals surface area contributed by atoms with E-state index in [4.69, 9.17) is 0 Å². The minimum absolute atomic E-state index is 0.296. The second-order valence-corrected chi connectivity index (χ2v) is 7.82. The van der Waals surface area contributed by atoms with Crippen LogP contribution in [0.15, 0.2) is 12.4 Å². The van der Waals surface area contributed by atoms with Crippen LogP contribution in [0.5, 0.6) is 0 Å². The summed E-state index contributed by atoms with van der Waals surface area (Å²) >= 11 is 0. The van der Waals surface area contributed by atoms with Gasteiger partial charge in [-0.25, -0.2) is 23.1 Å². The summed E-state index contributed by atoms with van der Waals surface area (Å²) in [5.74, 6) is 1.20. The number of piperidine rings is 1. The maximum atomic E-state index is 11.3. The van der Waals surface area contributed by atoms with Gasteiger partial charge in [-0.1, -0.05) is 0 Å². The SMILES string of the molecule is Cc1cc2ncnc(N3CCCC(CNS(C)(=O)=O)C3)c2[nH]1. The van der Waals surface area contributed by atoms with Crippen LogP contribution in [0, 0.1) is 12.8 Å². The van der Waals surface area contributed by atoms with Crippen molar-refractivity contribution in [1.29, 1.82) is 0 Å². The van der Waals surface area contributed by atoms with Gasteiger partial charge in [-0.2, -0.15) is 0 Å². The zero-order valence-corrected chi connectivity index (χ0v) is 13.7. The maximum absolute atomic E-state index is 11.3. The summed E-state index contributed by atoms with van der Waals surface area (Å²) in [6.07, 6.45) is 4.84. The molecule has 3 rings (SSSR count). The van der Waals surface area contributed by atoms with Crippen LogP contribution in [0.2, 0.25) is 0 Å². The number of nitrogens with one attached hydrogen (secondary N) is 2. The van der Waals surface area contributed by atoms with Crippen LogP contribution in [0.25, 0.3) is 11.0 Å². The molecular weight excluding hydrogens is 302 g/mol. The molecule has 0 amide bonds. The van der Waals surface area contributed by atoms with Gasteiger partial charge in [0.1, 0.15) is 11.8 Å². The zero-order chi connectivity index (χ0) is 15.7. The Kier molecular flexibility index (Phi) is 4.05. The average Bonchev–Trinajstić information content (AvgIpc) is 2.84. The lowest BCUT2D eigenvalue weighted by molar-refractivity contribution is 0.410. The molecule has 0 aromatic carbocycles. The average molecular weight is 323 g/mol. The number of hydrogen-bond acceptors (Lipinski definition) is 5. The minimum atomic E-state index is -3.14. The second-order valence-electron chi connectivity index (χ2n) is 5.98. The standard InChI is InChI=1S/C14H21N5O2S/c1-10-6-12-13(18-10)14(16-9-15-12)19-5-3-4-11(8-19)7-17-22(2,20)21/h6,9,11,17-18H,3-5,7-8H2,1-2H3. The Morgan fingerprint density at radius 2 is 2.27 bits per heavy atom. The third-order valence-corrected chi connectivity index (χ3v) is 4.68. The number of aromatic nitrogens is 3. The van der Waals surface area contributed by atoms with Crippen molar-refractivity contribution in [2.24, 2.45) is 5.92 Å². The molecule has 22 heavy (non-hydrogen) atoms. The summed E-state index contributed by atoms with van der Waals surface area (Å²) in [6.45, 7) is 4.21. The van der Waals surface area contributed by atoms with Gasteiger partial charge in [0.05, 0.1) is 11.8 Å². The van der Waals surface area contributed by atoms with Crippen molar-refractivity contribution in [1.82, 2.24) is 19.7 Å². The first-order chi connectivity index (χ1) is 10.4. The van der Waals surface area contributed by atoms with Crippen LogP contribution in [0.1, 0.15) is 18.5 Å². The van der Waals surface area contributed by atoms with E-state index in [1.165, 1.54) is 6.26 Å². The molecule has 0 saturated carbocycles. The highest BCUT2D eigenvalue weighted by atomic mass is 32.2. The van der Waals surface area contributed by atoms with Crippen molar-refractivity contribution >= 4 is 26.9 Å². The molecule has 3 heterocycles. The summed E-state index contributed by atoms with van der Waals surface area (Å²) in [5.41, 5.74) is 2.93. The molecule has 1 aliphatic heterocycles. The molecule has 0 radical (unpaired) electrons. The molecular formula is C14H21N5O2S. The van der Waals surface area contributed by atoms with Gasteiger partial charge in [-0.15, -0.1) is 0 Å². The number of H-pyrrole nitrogens is 1. The first kappa shape index (κ1) is 15.2. The third kappa shape index (κ3) is 3.38. The van der Waals surface area contributed by atoms with Gasteiger partial charge in [0, 0.05) is 25.3 Å². The molecule has 2 aromatic heterocycles. The Balaban J connectivity index is 1.78. The van der Waals surface area contributed by atoms with E-state index in [1.807, 2.05) is 13.0 Å². The van der Waals surface area contributed by atoms with Gasteiger partial charge in [-0.3, -0.25) is 0 Å². The van der Waals surface area contributed by atoms with E-state index in [1.54, 1.807) is 6.33 Å². The Hall–Kier alpha value is -1.67. The van der Waals surface area contributed by atoms with Gasteiger partial charge in [0.2, 0.25) is 10.0 Å². The molecule has 8 heteroatoms. The molecule has 0 bridgehead atoms. The summed E-state index contributed by atoms with van der Waals surface area (Å²) in [4.78, 5) is 14.3. The van der Waals surface area contributed by atoms with E-state index < -0.39 is 10.0 Å². The molecule has 1 atom stereocenters. The van der Waals surface area contributed by atoms with Crippen molar-refractivity contribution in [3.05, 3.63) is 18.1 Å². The number of aryl methyl sites for hydroxylation is 1. The summed E-state index contributed by atoms with van der Waals surface area (Å²) in [7, 11) is -3.14. The molecule has 120 valence electrons. The summed E-state index contributed by atoms with van der Waals surface area (Å²) in [5, 5.41) is 0. The second kappa shape index (κ2) is 5.85. The predicted molar refractivity (Wildman–Crippen MR) is 86.4 cm³/mol. The summed E-state index contributed by atoms with van der Waals surface area (Å²) < 4.78 is 25.1. The topological polar surface area (TPSA) is 91.0 Å². The fourth-order valence-electron chi connectivity index (χ4n) is 2.99. The van der Waals surface area contributed by atoms with Crippen LogP contribution < -0.4 is 9.62 Å². The first-order valence-electron chi connectivity index (χ1n) is 7.42. The van der Waals surface area contributed by atoms with E-state index in [0.29, 0.717) is 12.5 Å². The highest BCUT2D eigenvalue weighted by molar-refractivity contribution is 7.88. The van der Waals surface area contributed by atoms with Crippen LogP contribution in [0.4, 0.5) is 5.82 Å². The number of sulfonamides is 1. The number of fused-ring (bicyclic) bond motifs is 1. The number of nitrogens with zero attached hydrogens (tertiary/aromatic N) is 3. The molecule has 2 aromatic rings. The van der Waals surface area contributed by atoms with E-state index in [2.05, 4.69) is 24.6 Å². The first-order valence-corrected chi connectivity index (χ1v) is 9.31. The molecule has 1 aliphatic rings. The van der Waals surface area contributed by atoms with E-state index in [9.17, 15) is 8.42 Å². The largest absolute Gasteiger partial charge is 0.354 e. The number of rotatable bonds is 4. The van der Waals surface area contributed by atoms with Gasteiger partial charge in [-0.05, 0) is 31.7 Å². The lowest BCUT2D eigenvalue weighted by Gasteiger charge is -2.33. The number of aromatic amines is 1. The lowest BCUT2D eigenvalue weighted by Crippen LogP contribution is -2.41. The van der Waals surface area contributed by atoms with E-state index in [0.717, 1.165) is 48.5 Å². The quantitative estimate of drug-likeness (QED) is 0.877. The third-order valence-electron chi connectivity index (χ3n) is 3.98. The van der Waals surface area contributed by atoms with Crippen LogP contribution in [-0.4, -0.2) is 49.3 Å². The smallest absolute Gasteiger partial charge is 0.208 e. The van der Waals surface area contributed by atoms with Crippen molar-refractivity contribution in [3.63, 3.8) is 0 Å². The Labute approximate surface area is 130 Å². The van der Waals surface area contributed by atoms with Gasteiger partial charge in [0.25, 0.3) is 0 Å². The normalized spacial score (nSPS) is 19.7. The molecule has 1 fully saturated rings.